The van der Waals surface area contributed by atoms with Gasteiger partial charge in [-0.05, 0) is 55.7 Å². The van der Waals surface area contributed by atoms with Crippen molar-refractivity contribution in [3.63, 3.8) is 0 Å². The maximum Gasteiger partial charge on any atom is 0.0444 e. The van der Waals surface area contributed by atoms with E-state index in [9.17, 15) is 0 Å². The number of para-hydroxylation sites is 1. The Bertz CT molecular complexity index is 569. The van der Waals surface area contributed by atoms with Crippen LogP contribution in [0.15, 0.2) is 48.5 Å². The molecule has 2 aromatic rings. The van der Waals surface area contributed by atoms with E-state index in [-0.39, 0.29) is 6.04 Å². The van der Waals surface area contributed by atoms with Gasteiger partial charge < -0.3 is 10.6 Å². The molecule has 2 aromatic carbocycles. The average molecular weight is 303 g/mol. The molecular weight excluding hydrogens is 280 g/mol. The number of anilines is 2. The van der Waals surface area contributed by atoms with Crippen LogP contribution in [0.5, 0.6) is 0 Å². The second kappa shape index (κ2) is 7.48. The fourth-order valence-corrected chi connectivity index (χ4v) is 2.70. The number of benzene rings is 2. The van der Waals surface area contributed by atoms with Crippen LogP contribution in [-0.2, 0) is 6.42 Å². The summed E-state index contributed by atoms with van der Waals surface area (Å²) in [7, 11) is 0. The number of hydrogen-bond acceptors (Lipinski definition) is 2. The molecule has 0 aromatic heterocycles. The lowest BCUT2D eigenvalue weighted by Gasteiger charge is -2.27. The highest BCUT2D eigenvalue weighted by Crippen LogP contribution is 2.31. The van der Waals surface area contributed by atoms with E-state index in [1.165, 1.54) is 16.9 Å². The van der Waals surface area contributed by atoms with Gasteiger partial charge in [0.1, 0.15) is 0 Å². The van der Waals surface area contributed by atoms with Crippen LogP contribution in [0.3, 0.4) is 0 Å². The first-order valence-corrected chi connectivity index (χ1v) is 7.90. The van der Waals surface area contributed by atoms with E-state index < -0.39 is 0 Å². The molecule has 0 aliphatic rings. The Kier molecular flexibility index (Phi) is 5.66. The van der Waals surface area contributed by atoms with Crippen molar-refractivity contribution in [2.24, 2.45) is 5.73 Å². The summed E-state index contributed by atoms with van der Waals surface area (Å²) in [4.78, 5) is 2.30. The molecule has 1 unspecified atom stereocenters. The van der Waals surface area contributed by atoms with Gasteiger partial charge in [-0.2, -0.15) is 0 Å². The van der Waals surface area contributed by atoms with Crippen LogP contribution in [0.25, 0.3) is 0 Å². The van der Waals surface area contributed by atoms with Gasteiger partial charge in [-0.3, -0.25) is 0 Å². The van der Waals surface area contributed by atoms with Gasteiger partial charge in [-0.15, -0.1) is 0 Å². The molecule has 3 heteroatoms. The van der Waals surface area contributed by atoms with Crippen molar-refractivity contribution >= 4 is 23.0 Å². The topological polar surface area (TPSA) is 29.3 Å². The molecule has 0 aliphatic carbocycles. The molecule has 0 heterocycles. The van der Waals surface area contributed by atoms with E-state index in [4.69, 9.17) is 17.3 Å². The average Bonchev–Trinajstić information content (AvgIpc) is 2.51. The maximum atomic E-state index is 6.18. The van der Waals surface area contributed by atoms with Crippen LogP contribution in [-0.4, -0.2) is 12.6 Å². The molecule has 0 amide bonds. The van der Waals surface area contributed by atoms with E-state index in [1.54, 1.807) is 0 Å². The highest BCUT2D eigenvalue weighted by Gasteiger charge is 2.14. The monoisotopic (exact) mass is 302 g/mol. The Morgan fingerprint density at radius 3 is 2.43 bits per heavy atom. The van der Waals surface area contributed by atoms with Gasteiger partial charge in [-0.1, -0.05) is 36.7 Å². The van der Waals surface area contributed by atoms with Gasteiger partial charge in [-0.25, -0.2) is 0 Å². The summed E-state index contributed by atoms with van der Waals surface area (Å²) >= 11 is 6.18. The second-order valence-electron chi connectivity index (χ2n) is 5.23. The van der Waals surface area contributed by atoms with Crippen LogP contribution in [0.4, 0.5) is 11.4 Å². The first-order chi connectivity index (χ1) is 10.2. The van der Waals surface area contributed by atoms with Gasteiger partial charge >= 0.3 is 0 Å². The largest absolute Gasteiger partial charge is 0.342 e. The SMILES string of the molecule is CCC(N)Cc1cc(Cl)ccc1N(CC)c1ccccc1. The zero-order valence-corrected chi connectivity index (χ0v) is 13.5. The van der Waals surface area contributed by atoms with E-state index in [1.807, 2.05) is 18.2 Å². The van der Waals surface area contributed by atoms with Gasteiger partial charge in [0.15, 0.2) is 0 Å². The van der Waals surface area contributed by atoms with Crippen molar-refractivity contribution in [3.8, 4) is 0 Å². The van der Waals surface area contributed by atoms with E-state index >= 15 is 0 Å². The Labute approximate surface area is 132 Å². The summed E-state index contributed by atoms with van der Waals surface area (Å²) in [6, 6.07) is 16.7. The van der Waals surface area contributed by atoms with Crippen molar-refractivity contribution < 1.29 is 0 Å². The van der Waals surface area contributed by atoms with Gasteiger partial charge in [0.05, 0.1) is 0 Å². The Hall–Kier alpha value is -1.51. The minimum absolute atomic E-state index is 0.164. The standard InChI is InChI=1S/C18H23ClN2/c1-3-16(20)13-14-12-15(19)10-11-18(14)21(4-2)17-8-6-5-7-9-17/h5-12,16H,3-4,13,20H2,1-2H3. The third kappa shape index (κ3) is 3.99. The predicted octanol–water partition coefficient (Wildman–Crippen LogP) is 4.78. The molecular formula is C18H23ClN2. The minimum atomic E-state index is 0.164. The third-order valence-corrected chi connectivity index (χ3v) is 3.96. The van der Waals surface area contributed by atoms with Crippen molar-refractivity contribution in [1.82, 2.24) is 0 Å². The lowest BCUT2D eigenvalue weighted by atomic mass is 10.0. The van der Waals surface area contributed by atoms with Crippen molar-refractivity contribution in [1.29, 1.82) is 0 Å². The van der Waals surface area contributed by atoms with Gasteiger partial charge in [0, 0.05) is 29.0 Å². The smallest absolute Gasteiger partial charge is 0.0444 e. The molecule has 0 bridgehead atoms. The number of nitrogens with zero attached hydrogens (tertiary/aromatic N) is 1. The molecule has 0 radical (unpaired) electrons. The number of hydrogen-bond donors (Lipinski definition) is 1. The Morgan fingerprint density at radius 1 is 1.10 bits per heavy atom. The summed E-state index contributed by atoms with van der Waals surface area (Å²) < 4.78 is 0. The summed E-state index contributed by atoms with van der Waals surface area (Å²) in [5, 5.41) is 0.765. The fraction of sp³-hybridized carbons (Fsp3) is 0.333. The molecule has 0 spiro atoms. The van der Waals surface area contributed by atoms with E-state index in [0.717, 1.165) is 24.4 Å². The quantitative estimate of drug-likeness (QED) is 0.832. The molecule has 1 atom stereocenters. The van der Waals surface area contributed by atoms with Crippen LogP contribution >= 0.6 is 11.6 Å². The molecule has 0 aliphatic heterocycles. The first kappa shape index (κ1) is 15.9. The van der Waals surface area contributed by atoms with Crippen molar-refractivity contribution in [2.45, 2.75) is 32.7 Å². The lowest BCUT2D eigenvalue weighted by molar-refractivity contribution is 0.646. The van der Waals surface area contributed by atoms with Crippen LogP contribution in [0, 0.1) is 0 Å². The van der Waals surface area contributed by atoms with Crippen molar-refractivity contribution in [3.05, 3.63) is 59.1 Å². The molecule has 112 valence electrons. The molecule has 0 fully saturated rings. The molecule has 2 N–H and O–H groups in total. The maximum absolute atomic E-state index is 6.18. The fourth-order valence-electron chi connectivity index (χ4n) is 2.51. The van der Waals surface area contributed by atoms with Crippen LogP contribution in [0.2, 0.25) is 5.02 Å². The Morgan fingerprint density at radius 2 is 1.81 bits per heavy atom. The summed E-state index contributed by atoms with van der Waals surface area (Å²) in [5.74, 6) is 0. The highest BCUT2D eigenvalue weighted by atomic mass is 35.5. The summed E-state index contributed by atoms with van der Waals surface area (Å²) in [6.45, 7) is 5.18. The number of rotatable bonds is 6. The van der Waals surface area contributed by atoms with Crippen LogP contribution < -0.4 is 10.6 Å². The normalized spacial score (nSPS) is 12.2. The number of nitrogens with two attached hydrogens (primary N) is 1. The summed E-state index contributed by atoms with van der Waals surface area (Å²) in [5.41, 5.74) is 9.73. The van der Waals surface area contributed by atoms with Crippen LogP contribution in [0.1, 0.15) is 25.8 Å². The minimum Gasteiger partial charge on any atom is -0.342 e. The van der Waals surface area contributed by atoms with E-state index in [2.05, 4.69) is 49.1 Å². The molecule has 2 nitrogen and oxygen atoms in total. The third-order valence-electron chi connectivity index (χ3n) is 3.72. The predicted molar refractivity (Wildman–Crippen MR) is 92.5 cm³/mol. The molecule has 0 saturated carbocycles. The first-order valence-electron chi connectivity index (χ1n) is 7.52. The highest BCUT2D eigenvalue weighted by molar-refractivity contribution is 6.30. The zero-order chi connectivity index (χ0) is 15.2. The molecule has 21 heavy (non-hydrogen) atoms. The second-order valence-corrected chi connectivity index (χ2v) is 5.66. The van der Waals surface area contributed by atoms with Gasteiger partial charge in [0.2, 0.25) is 0 Å². The van der Waals surface area contributed by atoms with Gasteiger partial charge in [0.25, 0.3) is 0 Å². The zero-order valence-electron chi connectivity index (χ0n) is 12.7. The lowest BCUT2D eigenvalue weighted by Crippen LogP contribution is -2.24. The molecule has 2 rings (SSSR count). The number of halogens is 1. The van der Waals surface area contributed by atoms with Crippen molar-refractivity contribution in [2.75, 3.05) is 11.4 Å². The molecule has 0 saturated heterocycles. The summed E-state index contributed by atoms with van der Waals surface area (Å²) in [6.07, 6.45) is 1.80. The Balaban J connectivity index is 2.41. The van der Waals surface area contributed by atoms with E-state index in [0.29, 0.717) is 0 Å².